The summed E-state index contributed by atoms with van der Waals surface area (Å²) < 4.78 is 32.3. The Hall–Kier alpha value is -2.99. The van der Waals surface area contributed by atoms with Crippen LogP contribution in [0.25, 0.3) is 0 Å². The molecule has 11 nitrogen and oxygen atoms in total. The van der Waals surface area contributed by atoms with Gasteiger partial charge >= 0.3 is 0 Å². The number of nitrogens with zero attached hydrogens (tertiary/aromatic N) is 8. The van der Waals surface area contributed by atoms with E-state index in [0.29, 0.717) is 37.7 Å². The molecular weight excluding hydrogens is 408 g/mol. The third-order valence-electron chi connectivity index (χ3n) is 5.08. The van der Waals surface area contributed by atoms with Crippen LogP contribution in [0.4, 0.5) is 0 Å². The lowest BCUT2D eigenvalue weighted by molar-refractivity contribution is 0.0691. The highest BCUT2D eigenvalue weighted by Crippen LogP contribution is 2.21. The molecule has 1 amide bonds. The predicted molar refractivity (Wildman–Crippen MR) is 107 cm³/mol. The SMILES string of the molecule is CCn1cc(S(=O)(=O)N2CCN(C(=O)c3ccn(Cn4cccn4)n3)CC2)c(C)n1. The van der Waals surface area contributed by atoms with Gasteiger partial charge in [0.05, 0.1) is 5.69 Å². The molecule has 0 saturated carbocycles. The van der Waals surface area contributed by atoms with Crippen molar-refractivity contribution in [2.45, 2.75) is 32.0 Å². The zero-order valence-electron chi connectivity index (χ0n) is 16.9. The first-order valence-electron chi connectivity index (χ1n) is 9.73. The van der Waals surface area contributed by atoms with Gasteiger partial charge in [-0.15, -0.1) is 0 Å². The van der Waals surface area contributed by atoms with E-state index in [2.05, 4.69) is 15.3 Å². The fourth-order valence-electron chi connectivity index (χ4n) is 3.43. The molecule has 3 aromatic rings. The summed E-state index contributed by atoms with van der Waals surface area (Å²) >= 11 is 0. The number of piperazine rings is 1. The maximum atomic E-state index is 13.0. The molecule has 0 aliphatic carbocycles. The number of hydrogen-bond donors (Lipinski definition) is 0. The van der Waals surface area contributed by atoms with Crippen LogP contribution in [-0.4, -0.2) is 79.1 Å². The third-order valence-corrected chi connectivity index (χ3v) is 7.08. The number of aromatic nitrogens is 6. The Balaban J connectivity index is 1.40. The second-order valence-corrected chi connectivity index (χ2v) is 8.96. The van der Waals surface area contributed by atoms with Gasteiger partial charge in [0, 0.05) is 57.5 Å². The minimum Gasteiger partial charge on any atom is -0.335 e. The molecule has 160 valence electrons. The maximum Gasteiger partial charge on any atom is 0.274 e. The topological polar surface area (TPSA) is 111 Å². The van der Waals surface area contributed by atoms with Gasteiger partial charge in [0.1, 0.15) is 17.3 Å². The highest BCUT2D eigenvalue weighted by molar-refractivity contribution is 7.89. The zero-order chi connectivity index (χ0) is 21.3. The molecule has 0 aromatic carbocycles. The number of carbonyl (C=O) groups is 1. The molecule has 0 atom stereocenters. The summed E-state index contributed by atoms with van der Waals surface area (Å²) in [5.41, 5.74) is 0.816. The predicted octanol–water partition coefficient (Wildman–Crippen LogP) is 0.257. The molecule has 1 saturated heterocycles. The van der Waals surface area contributed by atoms with Crippen LogP contribution in [0.5, 0.6) is 0 Å². The summed E-state index contributed by atoms with van der Waals surface area (Å²) in [7, 11) is -3.64. The molecule has 0 N–H and O–H groups in total. The third kappa shape index (κ3) is 3.87. The molecule has 0 unspecified atom stereocenters. The smallest absolute Gasteiger partial charge is 0.274 e. The van der Waals surface area contributed by atoms with Gasteiger partial charge in [-0.2, -0.15) is 19.6 Å². The molecule has 0 bridgehead atoms. The van der Waals surface area contributed by atoms with E-state index in [1.807, 2.05) is 19.2 Å². The lowest BCUT2D eigenvalue weighted by Gasteiger charge is -2.33. The molecule has 1 aliphatic rings. The number of rotatable bonds is 6. The van der Waals surface area contributed by atoms with E-state index in [1.165, 1.54) is 4.31 Å². The van der Waals surface area contributed by atoms with E-state index in [1.54, 1.807) is 50.5 Å². The Bertz CT molecular complexity index is 1120. The molecule has 1 fully saturated rings. The molecule has 0 radical (unpaired) electrons. The van der Waals surface area contributed by atoms with Crippen molar-refractivity contribution in [3.05, 3.63) is 48.3 Å². The summed E-state index contributed by atoms with van der Waals surface area (Å²) in [4.78, 5) is 14.6. The fourth-order valence-corrected chi connectivity index (χ4v) is 5.03. The zero-order valence-corrected chi connectivity index (χ0v) is 17.7. The first-order valence-corrected chi connectivity index (χ1v) is 11.2. The van der Waals surface area contributed by atoms with Gasteiger partial charge in [-0.3, -0.25) is 18.8 Å². The Morgan fingerprint density at radius 1 is 1.07 bits per heavy atom. The molecular formula is C18H24N8O3S. The Labute approximate surface area is 174 Å². The van der Waals surface area contributed by atoms with E-state index in [0.717, 1.165) is 0 Å². The quantitative estimate of drug-likeness (QED) is 0.552. The molecule has 30 heavy (non-hydrogen) atoms. The van der Waals surface area contributed by atoms with Crippen LogP contribution in [0, 0.1) is 6.92 Å². The standard InChI is InChI=1S/C18H24N8O3S/c1-3-23-13-17(15(2)20-23)30(28,29)26-11-9-22(10-12-26)18(27)16-5-8-25(21-16)14-24-7-4-6-19-24/h4-8,13H,3,9-12,14H2,1-2H3. The van der Waals surface area contributed by atoms with Crippen molar-refractivity contribution >= 4 is 15.9 Å². The van der Waals surface area contributed by atoms with E-state index in [4.69, 9.17) is 0 Å². The van der Waals surface area contributed by atoms with Gasteiger partial charge in [-0.25, -0.2) is 8.42 Å². The highest BCUT2D eigenvalue weighted by atomic mass is 32.2. The number of carbonyl (C=O) groups excluding carboxylic acids is 1. The van der Waals surface area contributed by atoms with Crippen LogP contribution >= 0.6 is 0 Å². The van der Waals surface area contributed by atoms with Crippen molar-refractivity contribution in [1.29, 1.82) is 0 Å². The summed E-state index contributed by atoms with van der Waals surface area (Å²) in [6.07, 6.45) is 6.78. The Morgan fingerprint density at radius 2 is 1.83 bits per heavy atom. The monoisotopic (exact) mass is 432 g/mol. The lowest BCUT2D eigenvalue weighted by Crippen LogP contribution is -2.50. The van der Waals surface area contributed by atoms with Crippen molar-refractivity contribution in [1.82, 2.24) is 38.5 Å². The van der Waals surface area contributed by atoms with E-state index < -0.39 is 10.0 Å². The molecule has 4 heterocycles. The molecule has 1 aliphatic heterocycles. The van der Waals surface area contributed by atoms with E-state index >= 15 is 0 Å². The number of aryl methyl sites for hydroxylation is 2. The second kappa shape index (κ2) is 8.03. The van der Waals surface area contributed by atoms with Gasteiger partial charge in [-0.05, 0) is 26.0 Å². The highest BCUT2D eigenvalue weighted by Gasteiger charge is 2.33. The van der Waals surface area contributed by atoms with Crippen LogP contribution in [0.3, 0.4) is 0 Å². The van der Waals surface area contributed by atoms with Gasteiger partial charge in [0.15, 0.2) is 0 Å². The van der Waals surface area contributed by atoms with Crippen molar-refractivity contribution in [3.63, 3.8) is 0 Å². The minimum absolute atomic E-state index is 0.207. The first kappa shape index (κ1) is 20.3. The summed E-state index contributed by atoms with van der Waals surface area (Å²) in [6, 6.07) is 3.48. The van der Waals surface area contributed by atoms with Gasteiger partial charge in [0.2, 0.25) is 10.0 Å². The molecule has 0 spiro atoms. The average Bonchev–Trinajstić information content (AvgIpc) is 3.49. The number of sulfonamides is 1. The maximum absolute atomic E-state index is 13.0. The van der Waals surface area contributed by atoms with Crippen molar-refractivity contribution in [2.75, 3.05) is 26.2 Å². The fraction of sp³-hybridized carbons (Fsp3) is 0.444. The molecule has 3 aromatic heterocycles. The van der Waals surface area contributed by atoms with Crippen molar-refractivity contribution in [2.24, 2.45) is 0 Å². The average molecular weight is 433 g/mol. The first-order chi connectivity index (χ1) is 14.4. The minimum atomic E-state index is -3.64. The Morgan fingerprint density at radius 3 is 2.47 bits per heavy atom. The Kier molecular flexibility index (Phi) is 5.43. The van der Waals surface area contributed by atoms with Crippen LogP contribution in [0.1, 0.15) is 23.1 Å². The van der Waals surface area contributed by atoms with Gasteiger partial charge in [-0.1, -0.05) is 0 Å². The second-order valence-electron chi connectivity index (χ2n) is 7.06. The van der Waals surface area contributed by atoms with Crippen LogP contribution < -0.4 is 0 Å². The van der Waals surface area contributed by atoms with Crippen LogP contribution in [0.2, 0.25) is 0 Å². The number of hydrogen-bond acceptors (Lipinski definition) is 6. The van der Waals surface area contributed by atoms with Crippen molar-refractivity contribution < 1.29 is 13.2 Å². The normalized spacial score (nSPS) is 15.6. The van der Waals surface area contributed by atoms with Crippen LogP contribution in [-0.2, 0) is 23.2 Å². The summed E-state index contributed by atoms with van der Waals surface area (Å²) in [5, 5.41) is 12.7. The van der Waals surface area contributed by atoms with Crippen molar-refractivity contribution in [3.8, 4) is 0 Å². The summed E-state index contributed by atoms with van der Waals surface area (Å²) in [5.74, 6) is -0.207. The lowest BCUT2D eigenvalue weighted by atomic mass is 10.3. The van der Waals surface area contributed by atoms with E-state index in [9.17, 15) is 13.2 Å². The van der Waals surface area contributed by atoms with E-state index in [-0.39, 0.29) is 23.9 Å². The van der Waals surface area contributed by atoms with Crippen LogP contribution in [0.15, 0.2) is 41.8 Å². The molecule has 4 rings (SSSR count). The van der Waals surface area contributed by atoms with Gasteiger partial charge < -0.3 is 4.90 Å². The molecule has 12 heteroatoms. The summed E-state index contributed by atoms with van der Waals surface area (Å²) in [6.45, 7) is 5.71. The largest absolute Gasteiger partial charge is 0.335 e. The number of amides is 1. The van der Waals surface area contributed by atoms with Gasteiger partial charge in [0.25, 0.3) is 5.91 Å².